The molecule has 1 aliphatic rings. The summed E-state index contributed by atoms with van der Waals surface area (Å²) in [5.41, 5.74) is 6.96. The summed E-state index contributed by atoms with van der Waals surface area (Å²) in [5, 5.41) is 8.28. The fraction of sp³-hybridized carbons (Fsp3) is 0.250. The van der Waals surface area contributed by atoms with E-state index in [1.54, 1.807) is 0 Å². The van der Waals surface area contributed by atoms with E-state index in [1.165, 1.54) is 34.5 Å². The average molecular weight is 321 g/mol. The quantitative estimate of drug-likeness (QED) is 0.797. The maximum Gasteiger partial charge on any atom is 0.123 e. The van der Waals surface area contributed by atoms with Crippen molar-refractivity contribution in [2.75, 3.05) is 6.54 Å². The van der Waals surface area contributed by atoms with Gasteiger partial charge in [-0.1, -0.05) is 29.8 Å². The highest BCUT2D eigenvalue weighted by Gasteiger charge is 2.21. The monoisotopic (exact) mass is 321 g/mol. The zero-order chi connectivity index (χ0) is 16.5. The van der Waals surface area contributed by atoms with Crippen LogP contribution in [0.2, 0.25) is 0 Å². The lowest BCUT2D eigenvalue weighted by Gasteiger charge is -2.16. The summed E-state index contributed by atoms with van der Waals surface area (Å²) < 4.78 is 15.3. The summed E-state index contributed by atoms with van der Waals surface area (Å²) >= 11 is 0. The van der Waals surface area contributed by atoms with Crippen LogP contribution in [0.4, 0.5) is 4.39 Å². The van der Waals surface area contributed by atoms with Crippen molar-refractivity contribution >= 4 is 0 Å². The Bertz CT molecular complexity index is 848. The summed E-state index contributed by atoms with van der Waals surface area (Å²) in [5.74, 6) is -0.218. The molecule has 0 aliphatic carbocycles. The van der Waals surface area contributed by atoms with Gasteiger partial charge >= 0.3 is 0 Å². The highest BCUT2D eigenvalue weighted by Crippen LogP contribution is 2.28. The number of hydrogen-bond donors (Lipinski definition) is 1. The largest absolute Gasteiger partial charge is 0.312 e. The minimum atomic E-state index is -0.218. The van der Waals surface area contributed by atoms with Crippen LogP contribution in [0.5, 0.6) is 0 Å². The van der Waals surface area contributed by atoms with E-state index in [1.807, 2.05) is 12.1 Å². The Hall–Kier alpha value is -2.46. The van der Waals surface area contributed by atoms with Crippen molar-refractivity contribution < 1.29 is 4.39 Å². The molecular formula is C20H20FN3. The standard InChI is InChI=1S/C20H20FN3/c1-14-2-4-15(5-3-14)13-24-19-10-11-22-12-18(19)20(23-24)16-6-8-17(21)9-7-16/h2-9,22H,10-13H2,1H3. The van der Waals surface area contributed by atoms with Gasteiger partial charge in [0.2, 0.25) is 0 Å². The SMILES string of the molecule is Cc1ccc(Cn2nc(-c3ccc(F)cc3)c3c2CCNC3)cc1. The van der Waals surface area contributed by atoms with Crippen LogP contribution in [0.15, 0.2) is 48.5 Å². The second kappa shape index (κ2) is 6.21. The molecule has 24 heavy (non-hydrogen) atoms. The van der Waals surface area contributed by atoms with E-state index in [0.717, 1.165) is 37.3 Å². The maximum absolute atomic E-state index is 13.2. The Kier molecular flexibility index (Phi) is 3.90. The fourth-order valence-electron chi connectivity index (χ4n) is 3.26. The Labute approximate surface area is 141 Å². The lowest BCUT2D eigenvalue weighted by atomic mass is 10.0. The van der Waals surface area contributed by atoms with Crippen molar-refractivity contribution in [3.8, 4) is 11.3 Å². The first-order valence-electron chi connectivity index (χ1n) is 8.31. The van der Waals surface area contributed by atoms with Gasteiger partial charge in [-0.3, -0.25) is 4.68 Å². The van der Waals surface area contributed by atoms with Gasteiger partial charge in [0.05, 0.1) is 12.2 Å². The third-order valence-corrected chi connectivity index (χ3v) is 4.58. The number of fused-ring (bicyclic) bond motifs is 1. The van der Waals surface area contributed by atoms with Gasteiger partial charge < -0.3 is 5.32 Å². The highest BCUT2D eigenvalue weighted by atomic mass is 19.1. The molecular weight excluding hydrogens is 301 g/mol. The normalized spacial score (nSPS) is 13.8. The molecule has 0 unspecified atom stereocenters. The number of aromatic nitrogens is 2. The third-order valence-electron chi connectivity index (χ3n) is 4.58. The van der Waals surface area contributed by atoms with Gasteiger partial charge in [-0.25, -0.2) is 4.39 Å². The Balaban J connectivity index is 1.74. The van der Waals surface area contributed by atoms with E-state index in [4.69, 9.17) is 5.10 Å². The van der Waals surface area contributed by atoms with E-state index >= 15 is 0 Å². The minimum Gasteiger partial charge on any atom is -0.312 e. The molecule has 0 amide bonds. The van der Waals surface area contributed by atoms with Gasteiger partial charge in [0.1, 0.15) is 5.82 Å². The highest BCUT2D eigenvalue weighted by molar-refractivity contribution is 5.64. The smallest absolute Gasteiger partial charge is 0.123 e. The van der Waals surface area contributed by atoms with Crippen LogP contribution in [0.3, 0.4) is 0 Å². The minimum absolute atomic E-state index is 0.218. The molecule has 122 valence electrons. The summed E-state index contributed by atoms with van der Waals surface area (Å²) in [4.78, 5) is 0. The number of halogens is 1. The molecule has 0 saturated carbocycles. The lowest BCUT2D eigenvalue weighted by Crippen LogP contribution is -2.25. The van der Waals surface area contributed by atoms with Gasteiger partial charge in [-0.15, -0.1) is 0 Å². The number of aryl methyl sites for hydroxylation is 1. The lowest BCUT2D eigenvalue weighted by molar-refractivity contribution is 0.582. The van der Waals surface area contributed by atoms with Crippen LogP contribution in [0.1, 0.15) is 22.4 Å². The molecule has 0 saturated heterocycles. The Morgan fingerprint density at radius 1 is 1.08 bits per heavy atom. The summed E-state index contributed by atoms with van der Waals surface area (Å²) in [6, 6.07) is 15.2. The van der Waals surface area contributed by atoms with Crippen LogP contribution < -0.4 is 5.32 Å². The van der Waals surface area contributed by atoms with Crippen molar-refractivity contribution in [3.63, 3.8) is 0 Å². The second-order valence-electron chi connectivity index (χ2n) is 6.35. The Morgan fingerprint density at radius 3 is 2.58 bits per heavy atom. The molecule has 4 rings (SSSR count). The first-order chi connectivity index (χ1) is 11.7. The topological polar surface area (TPSA) is 29.9 Å². The van der Waals surface area contributed by atoms with Crippen molar-refractivity contribution in [1.82, 2.24) is 15.1 Å². The van der Waals surface area contributed by atoms with Crippen molar-refractivity contribution in [2.45, 2.75) is 26.4 Å². The molecule has 1 aromatic heterocycles. The fourth-order valence-corrected chi connectivity index (χ4v) is 3.26. The number of benzene rings is 2. The first-order valence-corrected chi connectivity index (χ1v) is 8.31. The molecule has 0 atom stereocenters. The van der Waals surface area contributed by atoms with E-state index in [2.05, 4.69) is 41.2 Å². The van der Waals surface area contributed by atoms with Crippen molar-refractivity contribution in [1.29, 1.82) is 0 Å². The molecule has 0 radical (unpaired) electrons. The number of hydrogen-bond acceptors (Lipinski definition) is 2. The molecule has 2 heterocycles. The number of nitrogens with one attached hydrogen (secondary N) is 1. The zero-order valence-corrected chi connectivity index (χ0v) is 13.7. The van der Waals surface area contributed by atoms with Crippen LogP contribution in [0, 0.1) is 12.7 Å². The maximum atomic E-state index is 13.2. The van der Waals surface area contributed by atoms with Gasteiger partial charge in [-0.2, -0.15) is 5.10 Å². The first kappa shape index (κ1) is 15.1. The van der Waals surface area contributed by atoms with Crippen molar-refractivity contribution in [3.05, 3.63) is 76.7 Å². The van der Waals surface area contributed by atoms with Gasteiger partial charge in [0, 0.05) is 36.3 Å². The second-order valence-corrected chi connectivity index (χ2v) is 6.35. The van der Waals surface area contributed by atoms with E-state index in [-0.39, 0.29) is 5.82 Å². The zero-order valence-electron chi connectivity index (χ0n) is 13.7. The molecule has 0 spiro atoms. The van der Waals surface area contributed by atoms with Crippen molar-refractivity contribution in [2.24, 2.45) is 0 Å². The van der Waals surface area contributed by atoms with Gasteiger partial charge in [0.15, 0.2) is 0 Å². The van der Waals surface area contributed by atoms with E-state index in [0.29, 0.717) is 0 Å². The van der Waals surface area contributed by atoms with Gasteiger partial charge in [-0.05, 0) is 36.8 Å². The van der Waals surface area contributed by atoms with E-state index < -0.39 is 0 Å². The Morgan fingerprint density at radius 2 is 1.83 bits per heavy atom. The number of nitrogens with zero attached hydrogens (tertiary/aromatic N) is 2. The van der Waals surface area contributed by atoms with E-state index in [9.17, 15) is 4.39 Å². The van der Waals surface area contributed by atoms with Crippen LogP contribution in [-0.2, 0) is 19.5 Å². The van der Waals surface area contributed by atoms with Crippen LogP contribution in [0.25, 0.3) is 11.3 Å². The predicted molar refractivity (Wildman–Crippen MR) is 93.3 cm³/mol. The van der Waals surface area contributed by atoms with Crippen LogP contribution in [-0.4, -0.2) is 16.3 Å². The molecule has 3 nitrogen and oxygen atoms in total. The third kappa shape index (κ3) is 2.85. The predicted octanol–water partition coefficient (Wildman–Crippen LogP) is 3.69. The van der Waals surface area contributed by atoms with Crippen LogP contribution >= 0.6 is 0 Å². The van der Waals surface area contributed by atoms with Gasteiger partial charge in [0.25, 0.3) is 0 Å². The molecule has 4 heteroatoms. The molecule has 0 fully saturated rings. The molecule has 1 aliphatic heterocycles. The molecule has 0 bridgehead atoms. The number of rotatable bonds is 3. The average Bonchev–Trinajstić information content (AvgIpc) is 2.97. The molecule has 2 aromatic carbocycles. The molecule has 1 N–H and O–H groups in total. The summed E-state index contributed by atoms with van der Waals surface area (Å²) in [6.45, 7) is 4.65. The summed E-state index contributed by atoms with van der Waals surface area (Å²) in [6.07, 6.45) is 0.968. The summed E-state index contributed by atoms with van der Waals surface area (Å²) in [7, 11) is 0. The molecule has 3 aromatic rings.